The van der Waals surface area contributed by atoms with Crippen LogP contribution in [0.2, 0.25) is 0 Å². The molecule has 0 radical (unpaired) electrons. The summed E-state index contributed by atoms with van der Waals surface area (Å²) in [4.78, 5) is 3.74. The summed E-state index contributed by atoms with van der Waals surface area (Å²) in [7, 11) is 0. The Morgan fingerprint density at radius 1 is 1.06 bits per heavy atom. The number of benzene rings is 1. The Morgan fingerprint density at radius 3 is 2.41 bits per heavy atom. The van der Waals surface area contributed by atoms with Crippen LogP contribution in [0.15, 0.2) is 48.7 Å². The van der Waals surface area contributed by atoms with Crippen molar-refractivity contribution in [1.82, 2.24) is 4.98 Å². The second-order valence-corrected chi connectivity index (χ2v) is 4.17. The second-order valence-electron chi connectivity index (χ2n) is 4.17. The number of hydrogen-bond acceptors (Lipinski definition) is 1. The fourth-order valence-electron chi connectivity index (χ4n) is 2.09. The molecule has 0 saturated carbocycles. The molecule has 1 nitrogen and oxygen atoms in total. The smallest absolute Gasteiger partial charge is 0.212 e. The minimum absolute atomic E-state index is 0.314. The molecule has 0 N–H and O–H groups in total. The van der Waals surface area contributed by atoms with Gasteiger partial charge in [-0.2, -0.15) is 4.39 Å². The van der Waals surface area contributed by atoms with Crippen molar-refractivity contribution in [3.05, 3.63) is 65.7 Å². The van der Waals surface area contributed by atoms with E-state index < -0.39 is 5.95 Å². The molecule has 0 bridgehead atoms. The summed E-state index contributed by atoms with van der Waals surface area (Å²) in [5, 5.41) is 0. The van der Waals surface area contributed by atoms with E-state index >= 15 is 0 Å². The summed E-state index contributed by atoms with van der Waals surface area (Å²) >= 11 is 0. The Balaban J connectivity index is 2.32. The van der Waals surface area contributed by atoms with Crippen molar-refractivity contribution < 1.29 is 4.39 Å². The fourth-order valence-corrected chi connectivity index (χ4v) is 2.09. The van der Waals surface area contributed by atoms with Crippen LogP contribution in [-0.4, -0.2) is 4.98 Å². The van der Waals surface area contributed by atoms with Crippen LogP contribution in [-0.2, 0) is 0 Å². The second kappa shape index (κ2) is 5.58. The Hall–Kier alpha value is -1.70. The third kappa shape index (κ3) is 2.90. The predicted molar refractivity (Wildman–Crippen MR) is 67.4 cm³/mol. The maximum atomic E-state index is 12.8. The van der Waals surface area contributed by atoms with Gasteiger partial charge in [-0.05, 0) is 23.6 Å². The lowest BCUT2D eigenvalue weighted by Gasteiger charge is -2.16. The molecule has 2 aromatic rings. The maximum Gasteiger partial charge on any atom is 0.212 e. The molecule has 0 aliphatic carbocycles. The molecular formula is C15H16FN. The van der Waals surface area contributed by atoms with E-state index in [1.165, 1.54) is 11.6 Å². The molecule has 17 heavy (non-hydrogen) atoms. The quantitative estimate of drug-likeness (QED) is 0.717. The molecule has 1 aromatic heterocycles. The van der Waals surface area contributed by atoms with Crippen molar-refractivity contribution in [3.8, 4) is 0 Å². The first-order valence-electron chi connectivity index (χ1n) is 5.97. The van der Waals surface area contributed by atoms with Gasteiger partial charge in [-0.1, -0.05) is 49.7 Å². The van der Waals surface area contributed by atoms with Gasteiger partial charge in [0.1, 0.15) is 0 Å². The monoisotopic (exact) mass is 229 g/mol. The molecule has 1 atom stereocenters. The van der Waals surface area contributed by atoms with Gasteiger partial charge in [0.05, 0.1) is 0 Å². The van der Waals surface area contributed by atoms with Crippen LogP contribution < -0.4 is 0 Å². The average Bonchev–Trinajstić information content (AvgIpc) is 2.38. The Labute approximate surface area is 101 Å². The summed E-state index contributed by atoms with van der Waals surface area (Å²) in [6.45, 7) is 2.16. The first-order valence-corrected chi connectivity index (χ1v) is 5.97. The van der Waals surface area contributed by atoms with E-state index in [0.29, 0.717) is 5.92 Å². The van der Waals surface area contributed by atoms with Crippen molar-refractivity contribution >= 4 is 0 Å². The third-order valence-corrected chi connectivity index (χ3v) is 2.93. The van der Waals surface area contributed by atoms with E-state index in [-0.39, 0.29) is 0 Å². The summed E-state index contributed by atoms with van der Waals surface area (Å²) in [5.74, 6) is -0.105. The molecule has 2 rings (SSSR count). The zero-order valence-electron chi connectivity index (χ0n) is 9.94. The maximum absolute atomic E-state index is 12.8. The molecule has 0 amide bonds. The minimum atomic E-state index is -0.419. The highest BCUT2D eigenvalue weighted by molar-refractivity contribution is 5.30. The van der Waals surface area contributed by atoms with Gasteiger partial charge in [0.15, 0.2) is 0 Å². The average molecular weight is 229 g/mol. The highest BCUT2D eigenvalue weighted by Crippen LogP contribution is 2.28. The largest absolute Gasteiger partial charge is 0.228 e. The molecule has 0 unspecified atom stereocenters. The van der Waals surface area contributed by atoms with Gasteiger partial charge in [0.2, 0.25) is 5.95 Å². The highest BCUT2D eigenvalue weighted by Gasteiger charge is 2.13. The highest BCUT2D eigenvalue weighted by atomic mass is 19.1. The van der Waals surface area contributed by atoms with E-state index in [1.807, 2.05) is 24.3 Å². The molecule has 0 fully saturated rings. The molecule has 1 heterocycles. The van der Waals surface area contributed by atoms with Crippen molar-refractivity contribution in [1.29, 1.82) is 0 Å². The molecule has 0 aliphatic rings. The van der Waals surface area contributed by atoms with Crippen LogP contribution in [0, 0.1) is 5.95 Å². The van der Waals surface area contributed by atoms with Gasteiger partial charge in [-0.25, -0.2) is 4.98 Å². The van der Waals surface area contributed by atoms with Crippen molar-refractivity contribution in [2.45, 2.75) is 25.7 Å². The van der Waals surface area contributed by atoms with E-state index in [4.69, 9.17) is 0 Å². The lowest BCUT2D eigenvalue weighted by Crippen LogP contribution is -2.01. The van der Waals surface area contributed by atoms with Crippen molar-refractivity contribution in [2.75, 3.05) is 0 Å². The van der Waals surface area contributed by atoms with Gasteiger partial charge in [0.25, 0.3) is 0 Å². The summed E-state index contributed by atoms with van der Waals surface area (Å²) in [5.41, 5.74) is 2.35. The Bertz CT molecular complexity index is 450. The van der Waals surface area contributed by atoms with Crippen LogP contribution >= 0.6 is 0 Å². The predicted octanol–water partition coefficient (Wildman–Crippen LogP) is 4.15. The number of halogens is 1. The molecule has 0 aliphatic heterocycles. The molecule has 1 aromatic carbocycles. The van der Waals surface area contributed by atoms with Gasteiger partial charge in [-0.15, -0.1) is 0 Å². The Morgan fingerprint density at radius 2 is 1.82 bits per heavy atom. The molecule has 2 heteroatoms. The summed E-state index contributed by atoms with van der Waals surface area (Å²) < 4.78 is 12.8. The fraction of sp³-hybridized carbons (Fsp3) is 0.267. The van der Waals surface area contributed by atoms with Gasteiger partial charge in [-0.3, -0.25) is 0 Å². The molecular weight excluding hydrogens is 213 g/mol. The van der Waals surface area contributed by atoms with Crippen LogP contribution in [0.3, 0.4) is 0 Å². The normalized spacial score (nSPS) is 12.4. The lowest BCUT2D eigenvalue weighted by atomic mass is 9.89. The molecule has 0 spiro atoms. The van der Waals surface area contributed by atoms with Crippen LogP contribution in [0.25, 0.3) is 0 Å². The minimum Gasteiger partial charge on any atom is -0.228 e. The summed E-state index contributed by atoms with van der Waals surface area (Å²) in [6.07, 6.45) is 3.79. The first-order chi connectivity index (χ1) is 8.31. The van der Waals surface area contributed by atoms with E-state index in [9.17, 15) is 4.39 Å². The Kier molecular flexibility index (Phi) is 3.86. The summed E-state index contributed by atoms with van der Waals surface area (Å²) in [6, 6.07) is 13.6. The SMILES string of the molecule is CCC[C@@H](c1ccccc1)c1ccc(F)nc1. The lowest BCUT2D eigenvalue weighted by molar-refractivity contribution is 0.579. The van der Waals surface area contributed by atoms with Crippen LogP contribution in [0.1, 0.15) is 36.8 Å². The number of aromatic nitrogens is 1. The third-order valence-electron chi connectivity index (χ3n) is 2.93. The zero-order chi connectivity index (χ0) is 12.1. The molecule has 88 valence electrons. The van der Waals surface area contributed by atoms with E-state index in [2.05, 4.69) is 24.0 Å². The number of hydrogen-bond donors (Lipinski definition) is 0. The standard InChI is InChI=1S/C15H16FN/c1-2-6-14(12-7-4-3-5-8-12)13-9-10-15(16)17-11-13/h3-5,7-11,14H,2,6H2,1H3/t14-/m0/s1. The molecule has 0 saturated heterocycles. The van der Waals surface area contributed by atoms with Gasteiger partial charge in [0, 0.05) is 12.1 Å². The zero-order valence-corrected chi connectivity index (χ0v) is 9.94. The van der Waals surface area contributed by atoms with Crippen LogP contribution in [0.4, 0.5) is 4.39 Å². The van der Waals surface area contributed by atoms with E-state index in [0.717, 1.165) is 18.4 Å². The number of nitrogens with zero attached hydrogens (tertiary/aromatic N) is 1. The van der Waals surface area contributed by atoms with Crippen molar-refractivity contribution in [2.24, 2.45) is 0 Å². The van der Waals surface area contributed by atoms with Crippen molar-refractivity contribution in [3.63, 3.8) is 0 Å². The van der Waals surface area contributed by atoms with Gasteiger partial charge >= 0.3 is 0 Å². The number of pyridine rings is 1. The number of rotatable bonds is 4. The van der Waals surface area contributed by atoms with Gasteiger partial charge < -0.3 is 0 Å². The topological polar surface area (TPSA) is 12.9 Å². The van der Waals surface area contributed by atoms with E-state index in [1.54, 1.807) is 6.20 Å². The van der Waals surface area contributed by atoms with Crippen LogP contribution in [0.5, 0.6) is 0 Å². The first kappa shape index (κ1) is 11.8.